The molecule has 0 aromatic rings. The van der Waals surface area contributed by atoms with E-state index >= 15 is 0 Å². The van der Waals surface area contributed by atoms with Crippen LogP contribution in [0.15, 0.2) is 0 Å². The fraction of sp³-hybridized carbons (Fsp3) is 1.00. The Morgan fingerprint density at radius 2 is 1.88 bits per heavy atom. The lowest BCUT2D eigenvalue weighted by atomic mass is 10.1. The lowest BCUT2D eigenvalue weighted by molar-refractivity contribution is 0.0711. The van der Waals surface area contributed by atoms with Gasteiger partial charge in [-0.15, -0.1) is 0 Å². The second-order valence-electron chi connectivity index (χ2n) is 4.31. The summed E-state index contributed by atoms with van der Waals surface area (Å²) in [5.41, 5.74) is 0. The first-order chi connectivity index (χ1) is 7.81. The fourth-order valence-corrected chi connectivity index (χ4v) is 1.60. The zero-order valence-electron chi connectivity index (χ0n) is 11.3. The van der Waals surface area contributed by atoms with Crippen molar-refractivity contribution in [3.8, 4) is 0 Å². The molecular weight excluding hydrogens is 202 g/mol. The van der Waals surface area contributed by atoms with Gasteiger partial charge in [0.05, 0.1) is 19.8 Å². The van der Waals surface area contributed by atoms with Gasteiger partial charge in [-0.2, -0.15) is 0 Å². The van der Waals surface area contributed by atoms with Gasteiger partial charge in [-0.3, -0.25) is 0 Å². The van der Waals surface area contributed by atoms with Crippen LogP contribution in [0, 0.1) is 0 Å². The normalized spacial score (nSPS) is 12.9. The van der Waals surface area contributed by atoms with Crippen LogP contribution in [0.1, 0.15) is 46.0 Å². The third-order valence-electron chi connectivity index (χ3n) is 2.66. The molecule has 0 heterocycles. The van der Waals surface area contributed by atoms with Crippen molar-refractivity contribution >= 4 is 0 Å². The average Bonchev–Trinajstić information content (AvgIpc) is 2.29. The largest absolute Gasteiger partial charge is 0.382 e. The molecule has 0 aliphatic carbocycles. The van der Waals surface area contributed by atoms with E-state index < -0.39 is 0 Å². The van der Waals surface area contributed by atoms with Crippen LogP contribution in [0.25, 0.3) is 0 Å². The first-order valence-electron chi connectivity index (χ1n) is 6.61. The van der Waals surface area contributed by atoms with Crippen LogP contribution in [0.2, 0.25) is 0 Å². The second kappa shape index (κ2) is 12.9. The standard InChI is InChI=1S/C13H29NO2/c1-4-5-6-7-8-13(2)14-9-10-16-12-11-15-3/h13-14H,4-12H2,1-3H3. The van der Waals surface area contributed by atoms with Crippen molar-refractivity contribution in [3.05, 3.63) is 0 Å². The van der Waals surface area contributed by atoms with Crippen molar-refractivity contribution < 1.29 is 9.47 Å². The Bertz CT molecular complexity index is 131. The number of hydrogen-bond donors (Lipinski definition) is 1. The highest BCUT2D eigenvalue weighted by molar-refractivity contribution is 4.60. The maximum Gasteiger partial charge on any atom is 0.0700 e. The van der Waals surface area contributed by atoms with E-state index in [0.29, 0.717) is 19.3 Å². The van der Waals surface area contributed by atoms with Crippen molar-refractivity contribution in [1.29, 1.82) is 0 Å². The molecule has 0 bridgehead atoms. The van der Waals surface area contributed by atoms with Crippen molar-refractivity contribution in [2.24, 2.45) is 0 Å². The molecular formula is C13H29NO2. The van der Waals surface area contributed by atoms with Crippen molar-refractivity contribution in [1.82, 2.24) is 5.32 Å². The molecule has 3 nitrogen and oxygen atoms in total. The van der Waals surface area contributed by atoms with Gasteiger partial charge in [-0.1, -0.05) is 32.6 Å². The Morgan fingerprint density at radius 1 is 1.06 bits per heavy atom. The topological polar surface area (TPSA) is 30.5 Å². The van der Waals surface area contributed by atoms with E-state index in [1.165, 1.54) is 32.1 Å². The first kappa shape index (κ1) is 15.9. The number of ether oxygens (including phenoxy) is 2. The molecule has 1 unspecified atom stereocenters. The molecule has 0 radical (unpaired) electrons. The molecule has 0 aromatic carbocycles. The molecule has 0 fully saturated rings. The Morgan fingerprint density at radius 3 is 2.56 bits per heavy atom. The van der Waals surface area contributed by atoms with Gasteiger partial charge >= 0.3 is 0 Å². The molecule has 98 valence electrons. The first-order valence-corrected chi connectivity index (χ1v) is 6.61. The molecule has 3 heteroatoms. The molecule has 0 saturated carbocycles. The van der Waals surface area contributed by atoms with E-state index in [0.717, 1.165) is 13.2 Å². The third kappa shape index (κ3) is 12.0. The Balaban J connectivity index is 3.08. The van der Waals surface area contributed by atoms with Gasteiger partial charge < -0.3 is 14.8 Å². The minimum atomic E-state index is 0.614. The number of hydrogen-bond acceptors (Lipinski definition) is 3. The molecule has 1 N–H and O–H groups in total. The minimum absolute atomic E-state index is 0.614. The molecule has 0 saturated heterocycles. The molecule has 0 spiro atoms. The lowest BCUT2D eigenvalue weighted by Crippen LogP contribution is -2.29. The average molecular weight is 231 g/mol. The van der Waals surface area contributed by atoms with Crippen LogP contribution in [-0.2, 0) is 9.47 Å². The summed E-state index contributed by atoms with van der Waals surface area (Å²) in [5.74, 6) is 0. The maximum absolute atomic E-state index is 5.38. The van der Waals surface area contributed by atoms with Crippen LogP contribution in [0.5, 0.6) is 0 Å². The van der Waals surface area contributed by atoms with Gasteiger partial charge in [-0.05, 0) is 13.3 Å². The fourth-order valence-electron chi connectivity index (χ4n) is 1.60. The smallest absolute Gasteiger partial charge is 0.0700 e. The third-order valence-corrected chi connectivity index (χ3v) is 2.66. The number of nitrogens with one attached hydrogen (secondary N) is 1. The monoisotopic (exact) mass is 231 g/mol. The van der Waals surface area contributed by atoms with Gasteiger partial charge in [0.15, 0.2) is 0 Å². The molecule has 0 amide bonds. The quantitative estimate of drug-likeness (QED) is 0.524. The Kier molecular flexibility index (Phi) is 12.9. The van der Waals surface area contributed by atoms with E-state index in [1.54, 1.807) is 7.11 Å². The SMILES string of the molecule is CCCCCCC(C)NCCOCCOC. The summed E-state index contributed by atoms with van der Waals surface area (Å²) in [6, 6.07) is 0.614. The van der Waals surface area contributed by atoms with Gasteiger partial charge in [-0.25, -0.2) is 0 Å². The molecule has 0 aromatic heterocycles. The summed E-state index contributed by atoms with van der Waals surface area (Å²) in [7, 11) is 1.69. The van der Waals surface area contributed by atoms with Gasteiger partial charge in [0.2, 0.25) is 0 Å². The van der Waals surface area contributed by atoms with E-state index in [4.69, 9.17) is 9.47 Å². The van der Waals surface area contributed by atoms with Crippen LogP contribution in [-0.4, -0.2) is 39.5 Å². The van der Waals surface area contributed by atoms with Crippen molar-refractivity contribution in [2.45, 2.75) is 52.0 Å². The maximum atomic E-state index is 5.38. The van der Waals surface area contributed by atoms with Crippen LogP contribution in [0.3, 0.4) is 0 Å². The predicted molar refractivity (Wildman–Crippen MR) is 68.9 cm³/mol. The number of methoxy groups -OCH3 is 1. The minimum Gasteiger partial charge on any atom is -0.382 e. The Hall–Kier alpha value is -0.120. The summed E-state index contributed by atoms with van der Waals surface area (Å²) in [5, 5.41) is 3.47. The molecule has 0 aliphatic heterocycles. The van der Waals surface area contributed by atoms with Crippen LogP contribution in [0.4, 0.5) is 0 Å². The second-order valence-corrected chi connectivity index (χ2v) is 4.31. The van der Waals surface area contributed by atoms with Crippen molar-refractivity contribution in [3.63, 3.8) is 0 Å². The summed E-state index contributed by atoms with van der Waals surface area (Å²) in [6.45, 7) is 7.61. The van der Waals surface area contributed by atoms with E-state index in [9.17, 15) is 0 Å². The Labute approximate surface area is 101 Å². The summed E-state index contributed by atoms with van der Waals surface area (Å²) in [6.07, 6.45) is 6.67. The van der Waals surface area contributed by atoms with E-state index in [1.807, 2.05) is 0 Å². The van der Waals surface area contributed by atoms with Gasteiger partial charge in [0, 0.05) is 19.7 Å². The van der Waals surface area contributed by atoms with E-state index in [-0.39, 0.29) is 0 Å². The lowest BCUT2D eigenvalue weighted by Gasteiger charge is -2.13. The molecule has 0 rings (SSSR count). The van der Waals surface area contributed by atoms with Crippen LogP contribution < -0.4 is 5.32 Å². The molecule has 16 heavy (non-hydrogen) atoms. The summed E-state index contributed by atoms with van der Waals surface area (Å²) in [4.78, 5) is 0. The zero-order valence-corrected chi connectivity index (χ0v) is 11.3. The molecule has 1 atom stereocenters. The number of rotatable bonds is 12. The predicted octanol–water partition coefficient (Wildman–Crippen LogP) is 2.60. The number of unbranched alkanes of at least 4 members (excludes halogenated alkanes) is 3. The summed E-state index contributed by atoms with van der Waals surface area (Å²) >= 11 is 0. The van der Waals surface area contributed by atoms with E-state index in [2.05, 4.69) is 19.2 Å². The van der Waals surface area contributed by atoms with Gasteiger partial charge in [0.25, 0.3) is 0 Å². The highest BCUT2D eigenvalue weighted by Crippen LogP contribution is 2.04. The zero-order chi connectivity index (χ0) is 12.1. The highest BCUT2D eigenvalue weighted by atomic mass is 16.5. The van der Waals surface area contributed by atoms with Gasteiger partial charge in [0.1, 0.15) is 0 Å². The van der Waals surface area contributed by atoms with Crippen molar-refractivity contribution in [2.75, 3.05) is 33.5 Å². The van der Waals surface area contributed by atoms with Crippen LogP contribution >= 0.6 is 0 Å². The summed E-state index contributed by atoms with van der Waals surface area (Å²) < 4.78 is 10.3. The highest BCUT2D eigenvalue weighted by Gasteiger charge is 2.00. The molecule has 0 aliphatic rings.